The molecule has 0 radical (unpaired) electrons. The van der Waals surface area contributed by atoms with Crippen LogP contribution in [0.1, 0.15) is 28.9 Å². The highest BCUT2D eigenvalue weighted by Crippen LogP contribution is 2.27. The molecule has 0 fully saturated rings. The first kappa shape index (κ1) is 26.5. The van der Waals surface area contributed by atoms with Gasteiger partial charge in [-0.3, -0.25) is 0 Å². The summed E-state index contributed by atoms with van der Waals surface area (Å²) in [6.45, 7) is 2.78. The molecular formula is C25H26ClNO7S. The maximum Gasteiger partial charge on any atom is 0.341 e. The van der Waals surface area contributed by atoms with Crippen LogP contribution in [0.5, 0.6) is 11.5 Å². The van der Waals surface area contributed by atoms with E-state index in [0.717, 1.165) is 12.1 Å². The minimum absolute atomic E-state index is 0.00752. The number of phenolic OH excluding ortho intramolecular Hbond substituents is 1. The van der Waals surface area contributed by atoms with Crippen LogP contribution in [-0.2, 0) is 14.6 Å². The fourth-order valence-corrected chi connectivity index (χ4v) is 4.70. The van der Waals surface area contributed by atoms with Gasteiger partial charge in [0.05, 0.1) is 22.5 Å². The van der Waals surface area contributed by atoms with Crippen LogP contribution in [0.2, 0.25) is 5.02 Å². The van der Waals surface area contributed by atoms with Crippen molar-refractivity contribution in [2.75, 3.05) is 26.3 Å². The SMILES string of the molecule is CCOC(=O)c1cc(S(=O)(=O)c2ccc(OCCNC[C@H](O)c3cccc(Cl)c3)cc2)ccc1O. The van der Waals surface area contributed by atoms with Gasteiger partial charge in [0.1, 0.15) is 23.7 Å². The van der Waals surface area contributed by atoms with Crippen LogP contribution in [0.25, 0.3) is 0 Å². The van der Waals surface area contributed by atoms with Crippen molar-refractivity contribution < 1.29 is 32.9 Å². The second kappa shape index (κ2) is 12.0. The normalized spacial score (nSPS) is 12.2. The van der Waals surface area contributed by atoms with Gasteiger partial charge in [-0.25, -0.2) is 13.2 Å². The summed E-state index contributed by atoms with van der Waals surface area (Å²) in [6.07, 6.45) is -0.706. The lowest BCUT2D eigenvalue weighted by Crippen LogP contribution is -2.26. The average Bonchev–Trinajstić information content (AvgIpc) is 2.84. The number of benzene rings is 3. The molecule has 0 bridgehead atoms. The maximum absolute atomic E-state index is 13.0. The topological polar surface area (TPSA) is 122 Å². The molecule has 186 valence electrons. The second-order valence-corrected chi connectivity index (χ2v) is 9.88. The van der Waals surface area contributed by atoms with Crippen LogP contribution in [0, 0.1) is 0 Å². The summed E-state index contributed by atoms with van der Waals surface area (Å²) in [4.78, 5) is 11.8. The standard InChI is InChI=1S/C25H26ClNO7S/c1-2-33-25(30)22-15-21(10-11-23(22)28)35(31,32)20-8-6-19(7-9-20)34-13-12-27-16-24(29)17-4-3-5-18(26)14-17/h3-11,14-15,24,27-29H,2,12-13,16H2,1H3/t24-/m0/s1. The van der Waals surface area contributed by atoms with Gasteiger partial charge in [0, 0.05) is 18.1 Å². The third-order valence-electron chi connectivity index (χ3n) is 5.03. The highest BCUT2D eigenvalue weighted by Gasteiger charge is 2.22. The summed E-state index contributed by atoms with van der Waals surface area (Å²) in [5.74, 6) is -0.696. The lowest BCUT2D eigenvalue weighted by Gasteiger charge is -2.13. The molecule has 8 nitrogen and oxygen atoms in total. The minimum Gasteiger partial charge on any atom is -0.507 e. The van der Waals surface area contributed by atoms with E-state index in [-0.39, 0.29) is 27.7 Å². The van der Waals surface area contributed by atoms with E-state index in [0.29, 0.717) is 36.0 Å². The Morgan fingerprint density at radius 3 is 2.46 bits per heavy atom. The van der Waals surface area contributed by atoms with Crippen LogP contribution in [0.3, 0.4) is 0 Å². The average molecular weight is 520 g/mol. The molecule has 35 heavy (non-hydrogen) atoms. The van der Waals surface area contributed by atoms with Crippen LogP contribution >= 0.6 is 11.6 Å². The van der Waals surface area contributed by atoms with Crippen molar-refractivity contribution in [2.45, 2.75) is 22.8 Å². The number of esters is 1. The molecule has 0 saturated carbocycles. The number of nitrogens with one attached hydrogen (secondary N) is 1. The van der Waals surface area contributed by atoms with E-state index in [4.69, 9.17) is 21.1 Å². The molecule has 0 spiro atoms. The molecule has 0 aliphatic rings. The van der Waals surface area contributed by atoms with Gasteiger partial charge in [-0.15, -0.1) is 0 Å². The maximum atomic E-state index is 13.0. The lowest BCUT2D eigenvalue weighted by molar-refractivity contribution is 0.0522. The third kappa shape index (κ3) is 6.95. The molecule has 0 saturated heterocycles. The van der Waals surface area contributed by atoms with Gasteiger partial charge in [0.25, 0.3) is 0 Å². The van der Waals surface area contributed by atoms with Gasteiger partial charge in [0.2, 0.25) is 9.84 Å². The first-order valence-electron chi connectivity index (χ1n) is 10.8. The summed E-state index contributed by atoms with van der Waals surface area (Å²) < 4.78 is 36.4. The summed E-state index contributed by atoms with van der Waals surface area (Å²) in [5, 5.41) is 23.7. The van der Waals surface area contributed by atoms with Crippen LogP contribution in [0.15, 0.2) is 76.5 Å². The number of aliphatic hydroxyl groups is 1. The number of ether oxygens (including phenoxy) is 2. The Kier molecular flexibility index (Phi) is 9.11. The van der Waals surface area contributed by atoms with E-state index in [1.165, 1.54) is 30.3 Å². The summed E-state index contributed by atoms with van der Waals surface area (Å²) >= 11 is 5.93. The highest BCUT2D eigenvalue weighted by atomic mass is 35.5. The van der Waals surface area contributed by atoms with Crippen LogP contribution in [-0.4, -0.2) is 50.9 Å². The van der Waals surface area contributed by atoms with Crippen molar-refractivity contribution in [3.8, 4) is 11.5 Å². The zero-order chi connectivity index (χ0) is 25.4. The molecular weight excluding hydrogens is 494 g/mol. The zero-order valence-electron chi connectivity index (χ0n) is 19.0. The number of carbonyl (C=O) groups is 1. The molecule has 3 rings (SSSR count). The second-order valence-electron chi connectivity index (χ2n) is 7.50. The van der Waals surface area contributed by atoms with E-state index in [2.05, 4.69) is 5.32 Å². The highest BCUT2D eigenvalue weighted by molar-refractivity contribution is 7.91. The smallest absolute Gasteiger partial charge is 0.341 e. The zero-order valence-corrected chi connectivity index (χ0v) is 20.6. The monoisotopic (exact) mass is 519 g/mol. The van der Waals surface area contributed by atoms with Crippen molar-refractivity contribution in [3.05, 3.63) is 82.9 Å². The Balaban J connectivity index is 1.55. The minimum atomic E-state index is -3.94. The van der Waals surface area contributed by atoms with E-state index in [9.17, 15) is 23.4 Å². The molecule has 0 aliphatic heterocycles. The van der Waals surface area contributed by atoms with Crippen molar-refractivity contribution in [1.29, 1.82) is 0 Å². The Hall–Kier alpha value is -3.11. The van der Waals surface area contributed by atoms with Gasteiger partial charge in [-0.05, 0) is 67.1 Å². The van der Waals surface area contributed by atoms with Crippen molar-refractivity contribution in [1.82, 2.24) is 5.32 Å². The fourth-order valence-electron chi connectivity index (χ4n) is 3.22. The number of sulfone groups is 1. The van der Waals surface area contributed by atoms with Gasteiger partial charge >= 0.3 is 5.97 Å². The quantitative estimate of drug-likeness (QED) is 0.258. The molecule has 3 aromatic rings. The summed E-state index contributed by atoms with van der Waals surface area (Å²) in [6, 6.07) is 16.3. The van der Waals surface area contributed by atoms with E-state index >= 15 is 0 Å². The number of carbonyl (C=O) groups excluding carboxylic acids is 1. The number of halogens is 1. The van der Waals surface area contributed by atoms with Crippen LogP contribution in [0.4, 0.5) is 0 Å². The first-order chi connectivity index (χ1) is 16.7. The Morgan fingerprint density at radius 1 is 1.06 bits per heavy atom. The molecule has 10 heteroatoms. The fraction of sp³-hybridized carbons (Fsp3) is 0.240. The molecule has 0 unspecified atom stereocenters. The summed E-state index contributed by atoms with van der Waals surface area (Å²) in [7, 11) is -3.94. The van der Waals surface area contributed by atoms with E-state index < -0.39 is 21.9 Å². The molecule has 0 amide bonds. The number of hydrogen-bond donors (Lipinski definition) is 3. The van der Waals surface area contributed by atoms with Gasteiger partial charge in [-0.2, -0.15) is 0 Å². The van der Waals surface area contributed by atoms with E-state index in [1.807, 2.05) is 0 Å². The molecule has 0 aliphatic carbocycles. The number of phenols is 1. The largest absolute Gasteiger partial charge is 0.507 e. The van der Waals surface area contributed by atoms with Crippen molar-refractivity contribution in [3.63, 3.8) is 0 Å². The number of aliphatic hydroxyl groups excluding tert-OH is 1. The number of aromatic hydroxyl groups is 1. The van der Waals surface area contributed by atoms with Crippen molar-refractivity contribution >= 4 is 27.4 Å². The number of rotatable bonds is 11. The van der Waals surface area contributed by atoms with Gasteiger partial charge < -0.3 is 25.0 Å². The summed E-state index contributed by atoms with van der Waals surface area (Å²) in [5.41, 5.74) is 0.492. The Morgan fingerprint density at radius 2 is 1.77 bits per heavy atom. The van der Waals surface area contributed by atoms with Crippen molar-refractivity contribution in [2.24, 2.45) is 0 Å². The van der Waals surface area contributed by atoms with Gasteiger partial charge in [-0.1, -0.05) is 23.7 Å². The van der Waals surface area contributed by atoms with E-state index in [1.54, 1.807) is 31.2 Å². The predicted octanol–water partition coefficient (Wildman–Crippen LogP) is 3.76. The Bertz CT molecular complexity index is 1260. The molecule has 0 heterocycles. The molecule has 0 aromatic heterocycles. The predicted molar refractivity (Wildman–Crippen MR) is 131 cm³/mol. The first-order valence-corrected chi connectivity index (χ1v) is 12.7. The van der Waals surface area contributed by atoms with Gasteiger partial charge in [0.15, 0.2) is 0 Å². The third-order valence-corrected chi connectivity index (χ3v) is 7.03. The Labute approximate surface area is 209 Å². The molecule has 3 N–H and O–H groups in total. The molecule has 3 aromatic carbocycles. The number of hydrogen-bond acceptors (Lipinski definition) is 8. The lowest BCUT2D eigenvalue weighted by atomic mass is 10.1. The van der Waals surface area contributed by atoms with Crippen LogP contribution < -0.4 is 10.1 Å². The molecule has 1 atom stereocenters.